The molecule has 29 heavy (non-hydrogen) atoms. The third kappa shape index (κ3) is 7.50. The van der Waals surface area contributed by atoms with Crippen LogP contribution in [0, 0.1) is 12.8 Å². The average Bonchev–Trinajstić information content (AvgIpc) is 2.70. The van der Waals surface area contributed by atoms with Gasteiger partial charge in [-0.25, -0.2) is 4.79 Å². The Balaban J connectivity index is 2.12. The molecule has 0 heterocycles. The van der Waals surface area contributed by atoms with Crippen LogP contribution in [-0.4, -0.2) is 21.6 Å². The lowest BCUT2D eigenvalue weighted by Crippen LogP contribution is -2.46. The molecule has 0 aliphatic carbocycles. The molecule has 0 spiro atoms. The number of carbonyl (C=O) groups excluding carboxylic acids is 1. The number of benzene rings is 2. The largest absolute Gasteiger partial charge is 0.445 e. The summed E-state index contributed by atoms with van der Waals surface area (Å²) < 4.78 is 18.7. The number of carbonyl (C=O) groups is 1. The van der Waals surface area contributed by atoms with Crippen LogP contribution in [0.2, 0.25) is 0 Å². The normalized spacial score (nSPS) is 14.1. The zero-order chi connectivity index (χ0) is 21.2. The number of rotatable bonds is 10. The molecule has 0 unspecified atom stereocenters. The first kappa shape index (κ1) is 22.9. The fraction of sp³-hybridized carbons (Fsp3) is 0.375. The van der Waals surface area contributed by atoms with Gasteiger partial charge in [0, 0.05) is 10.9 Å². The summed E-state index contributed by atoms with van der Waals surface area (Å²) in [6.45, 7) is 10.2. The van der Waals surface area contributed by atoms with Gasteiger partial charge in [0.1, 0.15) is 6.61 Å². The molecule has 1 amide bonds. The van der Waals surface area contributed by atoms with Gasteiger partial charge in [0.15, 0.2) is 0 Å². The molecule has 0 aliphatic rings. The molecule has 5 heteroatoms. The monoisotopic (exact) mass is 413 g/mol. The Kier molecular flexibility index (Phi) is 9.13. The Labute approximate surface area is 176 Å². The van der Waals surface area contributed by atoms with Crippen LogP contribution in [0.25, 0.3) is 0 Å². The molecule has 0 saturated heterocycles. The SMILES string of the molecule is C=CC[C@@H]([C@H](CC(C)C)NC(=O)OCc1ccccc1)[S@](=O)c1ccc(C)cc1. The molecule has 0 aromatic heterocycles. The van der Waals surface area contributed by atoms with E-state index >= 15 is 0 Å². The molecule has 0 aliphatic heterocycles. The molecule has 2 rings (SSSR count). The maximum Gasteiger partial charge on any atom is 0.407 e. The number of hydrogen-bond acceptors (Lipinski definition) is 3. The lowest BCUT2D eigenvalue weighted by atomic mass is 9.99. The van der Waals surface area contributed by atoms with Crippen LogP contribution in [0.5, 0.6) is 0 Å². The van der Waals surface area contributed by atoms with Crippen molar-refractivity contribution in [2.75, 3.05) is 0 Å². The molecule has 0 saturated carbocycles. The van der Waals surface area contributed by atoms with E-state index in [1.807, 2.05) is 61.5 Å². The molecule has 1 N–H and O–H groups in total. The van der Waals surface area contributed by atoms with Crippen molar-refractivity contribution in [3.05, 3.63) is 78.4 Å². The van der Waals surface area contributed by atoms with Gasteiger partial charge in [-0.1, -0.05) is 68.0 Å². The van der Waals surface area contributed by atoms with Crippen LogP contribution in [0.4, 0.5) is 4.79 Å². The van der Waals surface area contributed by atoms with Gasteiger partial charge in [-0.15, -0.1) is 6.58 Å². The lowest BCUT2D eigenvalue weighted by Gasteiger charge is -2.28. The van der Waals surface area contributed by atoms with Gasteiger partial charge < -0.3 is 10.1 Å². The van der Waals surface area contributed by atoms with Crippen LogP contribution < -0.4 is 5.32 Å². The number of aryl methyl sites for hydroxylation is 1. The number of hydrogen-bond donors (Lipinski definition) is 1. The van der Waals surface area contributed by atoms with Crippen molar-refractivity contribution in [1.82, 2.24) is 5.32 Å². The quantitative estimate of drug-likeness (QED) is 0.532. The van der Waals surface area contributed by atoms with Crippen LogP contribution in [0.1, 0.15) is 37.8 Å². The summed E-state index contributed by atoms with van der Waals surface area (Å²) in [7, 11) is -1.27. The molecule has 0 bridgehead atoms. The highest BCUT2D eigenvalue weighted by Gasteiger charge is 2.29. The van der Waals surface area contributed by atoms with Gasteiger partial charge in [-0.3, -0.25) is 4.21 Å². The standard InChI is InChI=1S/C24H31NO3S/c1-5-9-23(29(27)21-14-12-19(4)13-15-21)22(16-18(2)3)25-24(26)28-17-20-10-7-6-8-11-20/h5-8,10-15,18,22-23H,1,9,16-17H2,2-4H3,(H,25,26)/t22-,23-,29+/m0/s1. The minimum atomic E-state index is -1.27. The Morgan fingerprint density at radius 1 is 1.14 bits per heavy atom. The number of ether oxygens (including phenoxy) is 1. The topological polar surface area (TPSA) is 55.4 Å². The van der Waals surface area contributed by atoms with Crippen molar-refractivity contribution in [3.8, 4) is 0 Å². The van der Waals surface area contributed by atoms with Gasteiger partial charge in [0.05, 0.1) is 16.0 Å². The first-order valence-electron chi connectivity index (χ1n) is 9.96. The van der Waals surface area contributed by atoms with Crippen LogP contribution >= 0.6 is 0 Å². The Hall–Kier alpha value is -2.40. The van der Waals surface area contributed by atoms with E-state index in [0.717, 1.165) is 16.0 Å². The van der Waals surface area contributed by atoms with Gasteiger partial charge in [-0.2, -0.15) is 0 Å². The van der Waals surface area contributed by atoms with Gasteiger partial charge in [0.2, 0.25) is 0 Å². The number of allylic oxidation sites excluding steroid dienone is 1. The molecular formula is C24H31NO3S. The van der Waals surface area contributed by atoms with Crippen molar-refractivity contribution in [2.24, 2.45) is 5.92 Å². The van der Waals surface area contributed by atoms with Crippen LogP contribution in [-0.2, 0) is 22.1 Å². The summed E-state index contributed by atoms with van der Waals surface area (Å²) in [5.74, 6) is 0.330. The Morgan fingerprint density at radius 2 is 1.79 bits per heavy atom. The van der Waals surface area contributed by atoms with E-state index < -0.39 is 16.9 Å². The zero-order valence-corrected chi connectivity index (χ0v) is 18.3. The highest BCUT2D eigenvalue weighted by atomic mass is 32.2. The molecule has 4 nitrogen and oxygen atoms in total. The average molecular weight is 414 g/mol. The molecule has 0 radical (unpaired) electrons. The van der Waals surface area contributed by atoms with Crippen molar-refractivity contribution >= 4 is 16.9 Å². The maximum absolute atomic E-state index is 13.3. The molecule has 2 aromatic rings. The van der Waals surface area contributed by atoms with Crippen molar-refractivity contribution in [3.63, 3.8) is 0 Å². The van der Waals surface area contributed by atoms with Crippen LogP contribution in [0.3, 0.4) is 0 Å². The third-order valence-corrected chi connectivity index (χ3v) is 6.43. The number of nitrogens with one attached hydrogen (secondary N) is 1. The lowest BCUT2D eigenvalue weighted by molar-refractivity contribution is 0.134. The van der Waals surface area contributed by atoms with Gasteiger partial charge >= 0.3 is 6.09 Å². The second-order valence-electron chi connectivity index (χ2n) is 7.62. The minimum absolute atomic E-state index is 0.203. The second-order valence-corrected chi connectivity index (χ2v) is 9.29. The molecule has 2 aromatic carbocycles. The summed E-state index contributed by atoms with van der Waals surface area (Å²) in [6, 6.07) is 17.0. The first-order valence-corrected chi connectivity index (χ1v) is 11.2. The van der Waals surface area contributed by atoms with Gasteiger partial charge in [0.25, 0.3) is 0 Å². The summed E-state index contributed by atoms with van der Waals surface area (Å²) in [6.07, 6.45) is 2.52. The van der Waals surface area contributed by atoms with E-state index in [4.69, 9.17) is 4.74 Å². The van der Waals surface area contributed by atoms with E-state index in [0.29, 0.717) is 18.8 Å². The summed E-state index contributed by atoms with van der Waals surface area (Å²) in [4.78, 5) is 13.2. The smallest absolute Gasteiger partial charge is 0.407 e. The summed E-state index contributed by atoms with van der Waals surface area (Å²) in [5, 5.41) is 2.69. The fourth-order valence-corrected chi connectivity index (χ4v) is 4.68. The minimum Gasteiger partial charge on any atom is -0.445 e. The van der Waals surface area contributed by atoms with E-state index in [1.165, 1.54) is 0 Å². The number of alkyl carbamates (subject to hydrolysis) is 1. The fourth-order valence-electron chi connectivity index (χ4n) is 3.14. The van der Waals surface area contributed by atoms with Crippen LogP contribution in [0.15, 0.2) is 72.1 Å². The summed E-state index contributed by atoms with van der Waals surface area (Å²) >= 11 is 0. The highest BCUT2D eigenvalue weighted by Crippen LogP contribution is 2.22. The Bertz CT molecular complexity index is 803. The maximum atomic E-state index is 13.3. The van der Waals surface area contributed by atoms with E-state index in [1.54, 1.807) is 6.08 Å². The molecule has 156 valence electrons. The van der Waals surface area contributed by atoms with E-state index in [9.17, 15) is 9.00 Å². The predicted molar refractivity (Wildman–Crippen MR) is 119 cm³/mol. The van der Waals surface area contributed by atoms with Crippen molar-refractivity contribution in [1.29, 1.82) is 0 Å². The predicted octanol–water partition coefficient (Wildman–Crippen LogP) is 5.39. The van der Waals surface area contributed by atoms with E-state index in [-0.39, 0.29) is 17.9 Å². The number of amides is 1. The zero-order valence-electron chi connectivity index (χ0n) is 17.5. The second kappa shape index (κ2) is 11.6. The van der Waals surface area contributed by atoms with E-state index in [2.05, 4.69) is 25.7 Å². The highest BCUT2D eigenvalue weighted by molar-refractivity contribution is 7.85. The summed E-state index contributed by atoms with van der Waals surface area (Å²) in [5.41, 5.74) is 2.04. The molecule has 3 atom stereocenters. The Morgan fingerprint density at radius 3 is 2.38 bits per heavy atom. The third-order valence-electron chi connectivity index (χ3n) is 4.62. The van der Waals surface area contributed by atoms with Crippen molar-refractivity contribution < 1.29 is 13.7 Å². The van der Waals surface area contributed by atoms with Gasteiger partial charge in [-0.05, 0) is 43.4 Å². The molecular weight excluding hydrogens is 382 g/mol. The molecule has 0 fully saturated rings. The van der Waals surface area contributed by atoms with Crippen molar-refractivity contribution in [2.45, 2.75) is 56.4 Å². The first-order chi connectivity index (χ1) is 13.9.